The first kappa shape index (κ1) is 16.3. The van der Waals surface area contributed by atoms with Crippen LogP contribution in [0.4, 0.5) is 10.1 Å². The molecule has 1 aromatic rings. The summed E-state index contributed by atoms with van der Waals surface area (Å²) in [5.74, 6) is 0.800. The van der Waals surface area contributed by atoms with Crippen LogP contribution in [-0.2, 0) is 9.47 Å². The van der Waals surface area contributed by atoms with E-state index in [9.17, 15) is 4.39 Å². The normalized spacial score (nSPS) is 24.6. The smallest absolute Gasteiger partial charge is 0.160 e. The van der Waals surface area contributed by atoms with Gasteiger partial charge in [-0.2, -0.15) is 0 Å². The highest BCUT2D eigenvalue weighted by atomic mass is 19.1. The molecule has 3 fully saturated rings. The van der Waals surface area contributed by atoms with Gasteiger partial charge in [0.05, 0.1) is 13.2 Å². The zero-order valence-corrected chi connectivity index (χ0v) is 14.2. The van der Waals surface area contributed by atoms with E-state index in [4.69, 9.17) is 9.47 Å². The minimum Gasteiger partial charge on any atom is -0.371 e. The van der Waals surface area contributed by atoms with Crippen molar-refractivity contribution in [2.45, 2.75) is 37.9 Å². The minimum absolute atomic E-state index is 0.0221. The average Bonchev–Trinajstić information content (AvgIpc) is 3.17. The number of rotatable bonds is 3. The summed E-state index contributed by atoms with van der Waals surface area (Å²) < 4.78 is 25.9. The summed E-state index contributed by atoms with van der Waals surface area (Å²) in [5.41, 5.74) is 1.90. The molecule has 0 spiro atoms. The van der Waals surface area contributed by atoms with Crippen LogP contribution in [0.1, 0.15) is 37.2 Å². The molecule has 0 saturated carbocycles. The maximum atomic E-state index is 14.6. The summed E-state index contributed by atoms with van der Waals surface area (Å²) in [4.78, 5) is 2.29. The zero-order chi connectivity index (χ0) is 16.4. The van der Waals surface area contributed by atoms with Crippen LogP contribution in [0.2, 0.25) is 0 Å². The predicted octanol–water partition coefficient (Wildman–Crippen LogP) is 2.88. The van der Waals surface area contributed by atoms with Crippen LogP contribution in [-0.4, -0.2) is 45.7 Å². The molecule has 3 aliphatic heterocycles. The monoisotopic (exact) mass is 334 g/mol. The SMILES string of the molecule is Fc1cc(N2CCC(C3OCCO3)CC2)ccc1C1CCNCC1. The number of ether oxygens (including phenoxy) is 2. The van der Waals surface area contributed by atoms with Gasteiger partial charge in [-0.3, -0.25) is 0 Å². The second-order valence-corrected chi connectivity index (χ2v) is 7.16. The van der Waals surface area contributed by atoms with E-state index in [-0.39, 0.29) is 12.1 Å². The molecule has 0 aliphatic carbocycles. The summed E-state index contributed by atoms with van der Waals surface area (Å²) in [6.45, 7) is 5.30. The van der Waals surface area contributed by atoms with E-state index in [0.29, 0.717) is 25.0 Å². The van der Waals surface area contributed by atoms with Gasteiger partial charge in [-0.15, -0.1) is 0 Å². The Bertz CT molecular complexity index is 548. The van der Waals surface area contributed by atoms with Crippen molar-refractivity contribution in [2.24, 2.45) is 5.92 Å². The van der Waals surface area contributed by atoms with Gasteiger partial charge >= 0.3 is 0 Å². The highest BCUT2D eigenvalue weighted by Gasteiger charge is 2.30. The highest BCUT2D eigenvalue weighted by Crippen LogP contribution is 2.32. The van der Waals surface area contributed by atoms with Crippen LogP contribution in [0.25, 0.3) is 0 Å². The lowest BCUT2D eigenvalue weighted by Gasteiger charge is -2.35. The average molecular weight is 334 g/mol. The standard InChI is InChI=1S/C19H27FN2O2/c20-18-13-16(1-2-17(18)14-3-7-21-8-4-14)22-9-5-15(6-10-22)19-23-11-12-24-19/h1-2,13-15,19,21H,3-12H2. The molecule has 0 bridgehead atoms. The molecule has 3 heterocycles. The quantitative estimate of drug-likeness (QED) is 0.922. The van der Waals surface area contributed by atoms with Gasteiger partial charge in [-0.25, -0.2) is 4.39 Å². The van der Waals surface area contributed by atoms with Crippen LogP contribution in [0.15, 0.2) is 18.2 Å². The largest absolute Gasteiger partial charge is 0.371 e. The first-order valence-corrected chi connectivity index (χ1v) is 9.29. The number of piperidine rings is 2. The Balaban J connectivity index is 1.39. The predicted molar refractivity (Wildman–Crippen MR) is 91.9 cm³/mol. The number of nitrogens with zero attached hydrogens (tertiary/aromatic N) is 1. The van der Waals surface area contributed by atoms with E-state index < -0.39 is 0 Å². The molecule has 4 rings (SSSR count). The van der Waals surface area contributed by atoms with Crippen molar-refractivity contribution >= 4 is 5.69 Å². The number of anilines is 1. The fourth-order valence-corrected chi connectivity index (χ4v) is 4.26. The van der Waals surface area contributed by atoms with Gasteiger partial charge < -0.3 is 19.7 Å². The van der Waals surface area contributed by atoms with Crippen LogP contribution < -0.4 is 10.2 Å². The summed E-state index contributed by atoms with van der Waals surface area (Å²) in [6.07, 6.45) is 4.13. The van der Waals surface area contributed by atoms with Crippen molar-refractivity contribution in [2.75, 3.05) is 44.3 Å². The molecule has 0 aromatic heterocycles. The molecular formula is C19H27FN2O2. The summed E-state index contributed by atoms with van der Waals surface area (Å²) >= 11 is 0. The molecule has 0 radical (unpaired) electrons. The van der Waals surface area contributed by atoms with Crippen molar-refractivity contribution in [1.29, 1.82) is 0 Å². The Morgan fingerprint density at radius 1 is 1.00 bits per heavy atom. The van der Waals surface area contributed by atoms with E-state index in [0.717, 1.165) is 63.1 Å². The van der Waals surface area contributed by atoms with Crippen molar-refractivity contribution in [3.63, 3.8) is 0 Å². The van der Waals surface area contributed by atoms with Crippen LogP contribution in [0.3, 0.4) is 0 Å². The minimum atomic E-state index is -0.0380. The van der Waals surface area contributed by atoms with E-state index in [1.807, 2.05) is 6.07 Å². The molecule has 24 heavy (non-hydrogen) atoms. The van der Waals surface area contributed by atoms with E-state index >= 15 is 0 Å². The van der Waals surface area contributed by atoms with Gasteiger partial charge in [0.1, 0.15) is 5.82 Å². The molecule has 1 aromatic carbocycles. The summed E-state index contributed by atoms with van der Waals surface area (Å²) in [5, 5.41) is 3.34. The Morgan fingerprint density at radius 3 is 2.38 bits per heavy atom. The number of halogens is 1. The van der Waals surface area contributed by atoms with Gasteiger partial charge in [0.15, 0.2) is 6.29 Å². The third-order valence-corrected chi connectivity index (χ3v) is 5.70. The van der Waals surface area contributed by atoms with Crippen molar-refractivity contribution in [3.05, 3.63) is 29.6 Å². The molecule has 4 nitrogen and oxygen atoms in total. The fraction of sp³-hybridized carbons (Fsp3) is 0.684. The first-order chi connectivity index (χ1) is 11.8. The third kappa shape index (κ3) is 3.44. The lowest BCUT2D eigenvalue weighted by molar-refractivity contribution is -0.0889. The zero-order valence-electron chi connectivity index (χ0n) is 14.2. The molecule has 3 saturated heterocycles. The summed E-state index contributed by atoms with van der Waals surface area (Å²) in [7, 11) is 0. The molecule has 132 valence electrons. The second-order valence-electron chi connectivity index (χ2n) is 7.16. The molecule has 0 unspecified atom stereocenters. The summed E-state index contributed by atoms with van der Waals surface area (Å²) in [6, 6.07) is 5.85. The maximum Gasteiger partial charge on any atom is 0.160 e. The van der Waals surface area contributed by atoms with Crippen molar-refractivity contribution < 1.29 is 13.9 Å². The highest BCUT2D eigenvalue weighted by molar-refractivity contribution is 5.49. The molecular weight excluding hydrogens is 307 g/mol. The van der Waals surface area contributed by atoms with E-state index in [1.54, 1.807) is 6.07 Å². The van der Waals surface area contributed by atoms with Gasteiger partial charge in [-0.05, 0) is 62.4 Å². The molecule has 0 amide bonds. The van der Waals surface area contributed by atoms with E-state index in [2.05, 4.69) is 16.3 Å². The number of hydrogen-bond donors (Lipinski definition) is 1. The first-order valence-electron chi connectivity index (χ1n) is 9.29. The number of benzene rings is 1. The van der Waals surface area contributed by atoms with Crippen LogP contribution >= 0.6 is 0 Å². The van der Waals surface area contributed by atoms with Crippen molar-refractivity contribution in [3.8, 4) is 0 Å². The van der Waals surface area contributed by atoms with Crippen LogP contribution in [0.5, 0.6) is 0 Å². The molecule has 0 atom stereocenters. The number of hydrogen-bond acceptors (Lipinski definition) is 4. The van der Waals surface area contributed by atoms with Gasteiger partial charge in [-0.1, -0.05) is 6.07 Å². The Hall–Kier alpha value is -1.17. The van der Waals surface area contributed by atoms with Crippen LogP contribution in [0, 0.1) is 11.7 Å². The molecule has 1 N–H and O–H groups in total. The van der Waals surface area contributed by atoms with Gasteiger partial charge in [0, 0.05) is 24.7 Å². The van der Waals surface area contributed by atoms with Gasteiger partial charge in [0.25, 0.3) is 0 Å². The topological polar surface area (TPSA) is 33.7 Å². The third-order valence-electron chi connectivity index (χ3n) is 5.70. The lowest BCUT2D eigenvalue weighted by Crippen LogP contribution is -2.38. The molecule has 5 heteroatoms. The Labute approximate surface area is 143 Å². The second kappa shape index (κ2) is 7.38. The van der Waals surface area contributed by atoms with E-state index in [1.165, 1.54) is 0 Å². The van der Waals surface area contributed by atoms with Crippen molar-refractivity contribution in [1.82, 2.24) is 5.32 Å². The Morgan fingerprint density at radius 2 is 1.71 bits per heavy atom. The Kier molecular flexibility index (Phi) is 5.01. The lowest BCUT2D eigenvalue weighted by atomic mass is 9.89. The fourth-order valence-electron chi connectivity index (χ4n) is 4.26. The maximum absolute atomic E-state index is 14.6. The van der Waals surface area contributed by atoms with Gasteiger partial charge in [0.2, 0.25) is 0 Å². The number of nitrogens with one attached hydrogen (secondary N) is 1. The molecule has 3 aliphatic rings.